The second-order valence-corrected chi connectivity index (χ2v) is 12.0. The summed E-state index contributed by atoms with van der Waals surface area (Å²) in [7, 11) is 0. The van der Waals surface area contributed by atoms with E-state index in [2.05, 4.69) is 0 Å². The molecule has 0 amide bonds. The summed E-state index contributed by atoms with van der Waals surface area (Å²) in [6, 6.07) is 49.5. The van der Waals surface area contributed by atoms with E-state index < -0.39 is 12.2 Å². The maximum atomic E-state index is 11.5. The maximum Gasteiger partial charge on any atom is 0.162 e. The molecule has 1 aliphatic heterocycles. The lowest BCUT2D eigenvalue weighted by Crippen LogP contribution is -2.30. The Balaban J connectivity index is 1.16. The van der Waals surface area contributed by atoms with E-state index in [0.29, 0.717) is 61.6 Å². The molecule has 6 aromatic carbocycles. The van der Waals surface area contributed by atoms with Gasteiger partial charge in [0.05, 0.1) is 6.10 Å². The molecule has 1 heterocycles. The highest BCUT2D eigenvalue weighted by molar-refractivity contribution is 5.53. The second-order valence-electron chi connectivity index (χ2n) is 12.0. The number of hydrogen-bond donors (Lipinski definition) is 1. The van der Waals surface area contributed by atoms with Crippen LogP contribution in [-0.4, -0.2) is 11.2 Å². The van der Waals surface area contributed by atoms with Gasteiger partial charge in [0, 0.05) is 24.1 Å². The van der Waals surface area contributed by atoms with Crippen molar-refractivity contribution >= 4 is 0 Å². The molecule has 1 aliphatic rings. The third-order valence-corrected chi connectivity index (χ3v) is 8.41. The standard InChI is InChI=1S/C43H38O6/c44-38-26-37-40(47-29-33-17-9-3-10-18-33)24-36(45-27-31-13-5-1-6-14-31)25-41(37)49-43(38)35-21-22-39(46-28-32-15-7-2-8-16-32)42(23-35)48-30-34-19-11-4-12-20-34/h1-25,38,43-44H,26-30H2/t38?,43-/m0/s1. The van der Waals surface area contributed by atoms with Crippen LogP contribution in [0.4, 0.5) is 0 Å². The van der Waals surface area contributed by atoms with Crippen LogP contribution in [0.1, 0.15) is 39.5 Å². The fraction of sp³-hybridized carbons (Fsp3) is 0.163. The van der Waals surface area contributed by atoms with Crippen molar-refractivity contribution in [2.24, 2.45) is 0 Å². The molecule has 6 heteroatoms. The van der Waals surface area contributed by atoms with Crippen LogP contribution in [0.25, 0.3) is 0 Å². The molecule has 246 valence electrons. The zero-order chi connectivity index (χ0) is 33.3. The predicted molar refractivity (Wildman–Crippen MR) is 189 cm³/mol. The number of rotatable bonds is 13. The van der Waals surface area contributed by atoms with Crippen molar-refractivity contribution in [1.29, 1.82) is 0 Å². The molecule has 2 atom stereocenters. The minimum absolute atomic E-state index is 0.343. The van der Waals surface area contributed by atoms with E-state index in [-0.39, 0.29) is 0 Å². The summed E-state index contributed by atoms with van der Waals surface area (Å²) in [6.45, 7) is 1.54. The fourth-order valence-corrected chi connectivity index (χ4v) is 5.82. The summed E-state index contributed by atoms with van der Waals surface area (Å²) >= 11 is 0. The van der Waals surface area contributed by atoms with E-state index in [1.807, 2.05) is 152 Å². The van der Waals surface area contributed by atoms with Crippen molar-refractivity contribution in [2.45, 2.75) is 45.1 Å². The first kappa shape index (κ1) is 31.9. The van der Waals surface area contributed by atoms with Gasteiger partial charge in [-0.2, -0.15) is 0 Å². The third-order valence-electron chi connectivity index (χ3n) is 8.41. The molecule has 49 heavy (non-hydrogen) atoms. The highest BCUT2D eigenvalue weighted by Crippen LogP contribution is 2.44. The molecule has 0 saturated heterocycles. The van der Waals surface area contributed by atoms with E-state index in [1.165, 1.54) is 0 Å². The molecule has 0 spiro atoms. The highest BCUT2D eigenvalue weighted by atomic mass is 16.5. The summed E-state index contributed by atoms with van der Waals surface area (Å²) in [5.74, 6) is 3.05. The molecule has 0 aliphatic carbocycles. The first-order valence-corrected chi connectivity index (χ1v) is 16.5. The minimum atomic E-state index is -0.833. The number of hydrogen-bond acceptors (Lipinski definition) is 6. The Morgan fingerprint density at radius 1 is 0.490 bits per heavy atom. The smallest absolute Gasteiger partial charge is 0.162 e. The third kappa shape index (κ3) is 8.23. The van der Waals surface area contributed by atoms with Crippen LogP contribution in [-0.2, 0) is 32.8 Å². The van der Waals surface area contributed by atoms with Gasteiger partial charge in [-0.15, -0.1) is 0 Å². The van der Waals surface area contributed by atoms with Crippen molar-refractivity contribution in [3.8, 4) is 28.7 Å². The molecule has 7 rings (SSSR count). The van der Waals surface area contributed by atoms with E-state index in [9.17, 15) is 5.11 Å². The number of ether oxygens (including phenoxy) is 5. The monoisotopic (exact) mass is 650 g/mol. The fourth-order valence-electron chi connectivity index (χ4n) is 5.82. The van der Waals surface area contributed by atoms with Crippen LogP contribution in [0.2, 0.25) is 0 Å². The van der Waals surface area contributed by atoms with Crippen molar-refractivity contribution in [3.63, 3.8) is 0 Å². The lowest BCUT2D eigenvalue weighted by molar-refractivity contribution is 0.0192. The van der Waals surface area contributed by atoms with Crippen LogP contribution in [0.3, 0.4) is 0 Å². The molecule has 0 bridgehead atoms. The number of fused-ring (bicyclic) bond motifs is 1. The van der Waals surface area contributed by atoms with Crippen LogP contribution < -0.4 is 23.7 Å². The maximum absolute atomic E-state index is 11.5. The van der Waals surface area contributed by atoms with Gasteiger partial charge in [-0.1, -0.05) is 127 Å². The summed E-state index contributed by atoms with van der Waals surface area (Å²) in [5, 5.41) is 11.5. The SMILES string of the molecule is OC1Cc2c(OCc3ccccc3)cc(OCc3ccccc3)cc2O[C@H]1c1ccc(OCc2ccccc2)c(OCc2ccccc2)c1. The van der Waals surface area contributed by atoms with Gasteiger partial charge in [0.15, 0.2) is 11.5 Å². The topological polar surface area (TPSA) is 66.4 Å². The molecular weight excluding hydrogens is 612 g/mol. The molecule has 0 fully saturated rings. The van der Waals surface area contributed by atoms with Gasteiger partial charge in [-0.3, -0.25) is 0 Å². The number of aliphatic hydroxyl groups is 1. The van der Waals surface area contributed by atoms with E-state index in [4.69, 9.17) is 23.7 Å². The van der Waals surface area contributed by atoms with Gasteiger partial charge < -0.3 is 28.8 Å². The molecule has 0 radical (unpaired) electrons. The average Bonchev–Trinajstić information content (AvgIpc) is 3.16. The van der Waals surface area contributed by atoms with E-state index in [0.717, 1.165) is 33.4 Å². The Hall–Kier alpha value is -5.72. The number of aliphatic hydroxyl groups excluding tert-OH is 1. The molecule has 0 aromatic heterocycles. The first-order valence-electron chi connectivity index (χ1n) is 16.5. The Kier molecular flexibility index (Phi) is 10.0. The lowest BCUT2D eigenvalue weighted by Gasteiger charge is -2.32. The van der Waals surface area contributed by atoms with Gasteiger partial charge in [0.2, 0.25) is 0 Å². The van der Waals surface area contributed by atoms with Crippen LogP contribution >= 0.6 is 0 Å². The van der Waals surface area contributed by atoms with Crippen molar-refractivity contribution in [1.82, 2.24) is 0 Å². The normalized spacial score (nSPS) is 15.0. The summed E-state index contributed by atoms with van der Waals surface area (Å²) in [5.41, 5.74) is 5.76. The summed E-state index contributed by atoms with van der Waals surface area (Å²) in [6.07, 6.45) is -1.14. The zero-order valence-corrected chi connectivity index (χ0v) is 27.1. The lowest BCUT2D eigenvalue weighted by atomic mass is 9.93. The first-order chi connectivity index (χ1) is 24.2. The van der Waals surface area contributed by atoms with Crippen LogP contribution in [0, 0.1) is 0 Å². The minimum Gasteiger partial charge on any atom is -0.489 e. The van der Waals surface area contributed by atoms with Crippen molar-refractivity contribution in [3.05, 3.63) is 185 Å². The van der Waals surface area contributed by atoms with Crippen molar-refractivity contribution in [2.75, 3.05) is 0 Å². The average molecular weight is 651 g/mol. The van der Waals surface area contributed by atoms with Gasteiger partial charge in [-0.25, -0.2) is 0 Å². The Morgan fingerprint density at radius 3 is 1.49 bits per heavy atom. The quantitative estimate of drug-likeness (QED) is 0.135. The molecule has 6 nitrogen and oxygen atoms in total. The highest BCUT2D eigenvalue weighted by Gasteiger charge is 2.33. The largest absolute Gasteiger partial charge is 0.489 e. The number of benzene rings is 6. The second kappa shape index (κ2) is 15.5. The van der Waals surface area contributed by atoms with Gasteiger partial charge in [-0.05, 0) is 39.9 Å². The van der Waals surface area contributed by atoms with E-state index >= 15 is 0 Å². The molecule has 6 aromatic rings. The Morgan fingerprint density at radius 2 is 0.959 bits per heavy atom. The van der Waals surface area contributed by atoms with Crippen molar-refractivity contribution < 1.29 is 28.8 Å². The van der Waals surface area contributed by atoms with Crippen LogP contribution in [0.15, 0.2) is 152 Å². The summed E-state index contributed by atoms with van der Waals surface area (Å²) in [4.78, 5) is 0. The Bertz CT molecular complexity index is 1930. The van der Waals surface area contributed by atoms with Crippen LogP contribution in [0.5, 0.6) is 28.7 Å². The summed E-state index contributed by atoms with van der Waals surface area (Å²) < 4.78 is 31.7. The zero-order valence-electron chi connectivity index (χ0n) is 27.1. The molecule has 0 saturated carbocycles. The van der Waals surface area contributed by atoms with Gasteiger partial charge >= 0.3 is 0 Å². The molecule has 1 unspecified atom stereocenters. The predicted octanol–water partition coefficient (Wildman–Crippen LogP) is 9.04. The molecular formula is C43H38O6. The van der Waals surface area contributed by atoms with E-state index in [1.54, 1.807) is 0 Å². The van der Waals surface area contributed by atoms with Gasteiger partial charge in [0.25, 0.3) is 0 Å². The van der Waals surface area contributed by atoms with Gasteiger partial charge in [0.1, 0.15) is 49.8 Å². The molecule has 1 N–H and O–H groups in total. The Labute approximate surface area is 287 Å².